The van der Waals surface area contributed by atoms with Crippen molar-refractivity contribution in [3.05, 3.63) is 41.7 Å². The number of hydrogen-bond donors (Lipinski definition) is 1. The third-order valence-electron chi connectivity index (χ3n) is 4.91. The zero-order valence-electron chi connectivity index (χ0n) is 12.2. The summed E-state index contributed by atoms with van der Waals surface area (Å²) >= 11 is 0. The summed E-state index contributed by atoms with van der Waals surface area (Å²) in [6, 6.07) is 5.17. The lowest BCUT2D eigenvalue weighted by Gasteiger charge is -2.46. The van der Waals surface area contributed by atoms with Gasteiger partial charge in [0.1, 0.15) is 5.82 Å². The van der Waals surface area contributed by atoms with Crippen LogP contribution in [0.15, 0.2) is 24.8 Å². The standard InChI is InChI=1S/C17H20FNO2/c1-11(2)13-5-14(7-15(18)6-13)12-3-4-17(8-12)9-19(10-17)16(20)21/h5-7,12H,1,3-4,8-10H2,2H3,(H,20,21). The summed E-state index contributed by atoms with van der Waals surface area (Å²) in [5.41, 5.74) is 2.87. The van der Waals surface area contributed by atoms with Crippen LogP contribution in [0.25, 0.3) is 5.57 Å². The van der Waals surface area contributed by atoms with Crippen molar-refractivity contribution in [2.24, 2.45) is 5.41 Å². The lowest BCUT2D eigenvalue weighted by Crippen LogP contribution is -2.56. The predicted octanol–water partition coefficient (Wildman–Crippen LogP) is 4.11. The minimum absolute atomic E-state index is 0.124. The van der Waals surface area contributed by atoms with Crippen LogP contribution in [0, 0.1) is 11.2 Å². The number of carbonyl (C=O) groups is 1. The summed E-state index contributed by atoms with van der Waals surface area (Å²) in [5.74, 6) is 0.113. The van der Waals surface area contributed by atoms with Gasteiger partial charge in [-0.15, -0.1) is 0 Å². The smallest absolute Gasteiger partial charge is 0.407 e. The molecule has 1 saturated heterocycles. The van der Waals surface area contributed by atoms with Gasteiger partial charge in [-0.05, 0) is 55.4 Å². The molecule has 1 N–H and O–H groups in total. The van der Waals surface area contributed by atoms with E-state index in [9.17, 15) is 9.18 Å². The van der Waals surface area contributed by atoms with Gasteiger partial charge < -0.3 is 10.0 Å². The van der Waals surface area contributed by atoms with Crippen LogP contribution in [-0.4, -0.2) is 29.2 Å². The minimum Gasteiger partial charge on any atom is -0.465 e. The van der Waals surface area contributed by atoms with Gasteiger partial charge >= 0.3 is 6.09 Å². The van der Waals surface area contributed by atoms with E-state index >= 15 is 0 Å². The molecule has 1 unspecified atom stereocenters. The van der Waals surface area contributed by atoms with Gasteiger partial charge in [0.15, 0.2) is 0 Å². The molecule has 3 nitrogen and oxygen atoms in total. The molecule has 0 aromatic heterocycles. The summed E-state index contributed by atoms with van der Waals surface area (Å²) in [4.78, 5) is 12.4. The van der Waals surface area contributed by atoms with E-state index in [-0.39, 0.29) is 11.2 Å². The van der Waals surface area contributed by atoms with Crippen molar-refractivity contribution in [1.82, 2.24) is 4.90 Å². The first-order valence-corrected chi connectivity index (χ1v) is 7.33. The number of amides is 1. The van der Waals surface area contributed by atoms with E-state index in [0.717, 1.165) is 36.0 Å². The topological polar surface area (TPSA) is 40.5 Å². The number of likely N-dealkylation sites (tertiary alicyclic amines) is 1. The molecular weight excluding hydrogens is 269 g/mol. The first-order chi connectivity index (χ1) is 9.88. The summed E-state index contributed by atoms with van der Waals surface area (Å²) < 4.78 is 13.8. The Kier molecular flexibility index (Phi) is 3.27. The Balaban J connectivity index is 1.75. The van der Waals surface area contributed by atoms with Crippen LogP contribution in [0.4, 0.5) is 9.18 Å². The number of nitrogens with zero attached hydrogens (tertiary/aromatic N) is 1. The molecule has 1 aromatic rings. The Hall–Kier alpha value is -1.84. The first-order valence-electron chi connectivity index (χ1n) is 7.33. The SMILES string of the molecule is C=C(C)c1cc(F)cc(C2CCC3(C2)CN(C(=O)O)C3)c1. The number of benzene rings is 1. The molecule has 112 valence electrons. The third-order valence-corrected chi connectivity index (χ3v) is 4.91. The maximum Gasteiger partial charge on any atom is 0.407 e. The van der Waals surface area contributed by atoms with E-state index in [1.165, 1.54) is 11.0 Å². The Morgan fingerprint density at radius 3 is 2.76 bits per heavy atom. The average molecular weight is 289 g/mol. The molecule has 4 heteroatoms. The molecule has 1 aliphatic heterocycles. The zero-order valence-corrected chi connectivity index (χ0v) is 12.2. The number of allylic oxidation sites excluding steroid dienone is 1. The Morgan fingerprint density at radius 2 is 2.14 bits per heavy atom. The summed E-state index contributed by atoms with van der Waals surface area (Å²) in [5, 5.41) is 8.96. The fraction of sp³-hybridized carbons (Fsp3) is 0.471. The van der Waals surface area contributed by atoms with Crippen LogP contribution in [0.1, 0.15) is 43.2 Å². The largest absolute Gasteiger partial charge is 0.465 e. The molecule has 1 saturated carbocycles. The zero-order chi connectivity index (χ0) is 15.2. The van der Waals surface area contributed by atoms with Gasteiger partial charge in [-0.1, -0.05) is 18.2 Å². The van der Waals surface area contributed by atoms with Crippen molar-refractivity contribution in [1.29, 1.82) is 0 Å². The van der Waals surface area contributed by atoms with Crippen LogP contribution < -0.4 is 0 Å². The number of halogens is 1. The van der Waals surface area contributed by atoms with Gasteiger partial charge in [0, 0.05) is 18.5 Å². The maximum atomic E-state index is 13.8. The monoisotopic (exact) mass is 289 g/mol. The average Bonchev–Trinajstić information content (AvgIpc) is 2.81. The quantitative estimate of drug-likeness (QED) is 0.890. The van der Waals surface area contributed by atoms with E-state index < -0.39 is 6.09 Å². The number of rotatable bonds is 2. The third kappa shape index (κ3) is 2.55. The molecule has 2 aliphatic rings. The van der Waals surface area contributed by atoms with Crippen molar-refractivity contribution in [3.8, 4) is 0 Å². The molecule has 1 heterocycles. The van der Waals surface area contributed by atoms with Crippen molar-refractivity contribution >= 4 is 11.7 Å². The highest BCUT2D eigenvalue weighted by Gasteiger charge is 2.49. The van der Waals surface area contributed by atoms with Crippen molar-refractivity contribution in [2.45, 2.75) is 32.1 Å². The minimum atomic E-state index is -0.834. The van der Waals surface area contributed by atoms with E-state index in [2.05, 4.69) is 6.58 Å². The van der Waals surface area contributed by atoms with Crippen molar-refractivity contribution in [2.75, 3.05) is 13.1 Å². The highest BCUT2D eigenvalue weighted by Crippen LogP contribution is 2.51. The highest BCUT2D eigenvalue weighted by atomic mass is 19.1. The number of hydrogen-bond acceptors (Lipinski definition) is 1. The molecule has 0 radical (unpaired) electrons. The van der Waals surface area contributed by atoms with Gasteiger partial charge in [0.05, 0.1) is 0 Å². The molecule has 0 bridgehead atoms. The molecule has 1 atom stereocenters. The maximum absolute atomic E-state index is 13.8. The van der Waals surface area contributed by atoms with Crippen molar-refractivity contribution in [3.63, 3.8) is 0 Å². The molecule has 1 aliphatic carbocycles. The van der Waals surface area contributed by atoms with Crippen molar-refractivity contribution < 1.29 is 14.3 Å². The van der Waals surface area contributed by atoms with E-state index in [1.807, 2.05) is 13.0 Å². The second-order valence-electron chi connectivity index (χ2n) is 6.63. The van der Waals surface area contributed by atoms with Crippen LogP contribution >= 0.6 is 0 Å². The Bertz CT molecular complexity index is 605. The predicted molar refractivity (Wildman–Crippen MR) is 79.7 cm³/mol. The lowest BCUT2D eigenvalue weighted by atomic mass is 9.77. The Labute approximate surface area is 124 Å². The molecule has 1 amide bonds. The summed E-state index contributed by atoms with van der Waals surface area (Å²) in [6.45, 7) is 7.01. The van der Waals surface area contributed by atoms with E-state index in [0.29, 0.717) is 19.0 Å². The first kappa shape index (κ1) is 14.1. The van der Waals surface area contributed by atoms with Gasteiger partial charge in [0.25, 0.3) is 0 Å². The van der Waals surface area contributed by atoms with Crippen LogP contribution in [0.3, 0.4) is 0 Å². The highest BCUT2D eigenvalue weighted by molar-refractivity contribution is 5.66. The molecular formula is C17H20FNO2. The van der Waals surface area contributed by atoms with Gasteiger partial charge in [-0.2, -0.15) is 0 Å². The van der Waals surface area contributed by atoms with Gasteiger partial charge in [-0.3, -0.25) is 0 Å². The second-order valence-corrected chi connectivity index (χ2v) is 6.63. The molecule has 1 spiro atoms. The fourth-order valence-corrected chi connectivity index (χ4v) is 3.77. The molecule has 1 aromatic carbocycles. The van der Waals surface area contributed by atoms with Crippen LogP contribution in [0.5, 0.6) is 0 Å². The second kappa shape index (κ2) is 4.86. The van der Waals surface area contributed by atoms with Crippen LogP contribution in [-0.2, 0) is 0 Å². The molecule has 21 heavy (non-hydrogen) atoms. The van der Waals surface area contributed by atoms with E-state index in [4.69, 9.17) is 5.11 Å². The molecule has 3 rings (SSSR count). The number of carboxylic acid groups (broad SMARTS) is 1. The Morgan fingerprint density at radius 1 is 1.43 bits per heavy atom. The normalized spacial score (nSPS) is 23.1. The van der Waals surface area contributed by atoms with Gasteiger partial charge in [0.2, 0.25) is 0 Å². The molecule has 2 fully saturated rings. The lowest BCUT2D eigenvalue weighted by molar-refractivity contribution is 0.0141. The summed E-state index contributed by atoms with van der Waals surface area (Å²) in [6.07, 6.45) is 2.15. The summed E-state index contributed by atoms with van der Waals surface area (Å²) in [7, 11) is 0. The van der Waals surface area contributed by atoms with E-state index in [1.54, 1.807) is 6.07 Å². The van der Waals surface area contributed by atoms with Gasteiger partial charge in [-0.25, -0.2) is 9.18 Å². The van der Waals surface area contributed by atoms with Crippen LogP contribution in [0.2, 0.25) is 0 Å². The fourth-order valence-electron chi connectivity index (χ4n) is 3.77.